The molecule has 3 rings (SSSR count). The van der Waals surface area contributed by atoms with Crippen LogP contribution in [-0.2, 0) is 6.54 Å². The number of aromatic nitrogens is 2. The van der Waals surface area contributed by atoms with Crippen molar-refractivity contribution < 1.29 is 4.79 Å². The van der Waals surface area contributed by atoms with Gasteiger partial charge in [0, 0.05) is 38.8 Å². The molecule has 7 heteroatoms. The second-order valence-electron chi connectivity index (χ2n) is 5.56. The van der Waals surface area contributed by atoms with Crippen LogP contribution in [-0.4, -0.2) is 51.9 Å². The highest BCUT2D eigenvalue weighted by atomic mass is 16.2. The summed E-state index contributed by atoms with van der Waals surface area (Å²) in [5.74, 6) is -0.312. The minimum Gasteiger partial charge on any atom is -0.335 e. The van der Waals surface area contributed by atoms with E-state index in [1.54, 1.807) is 4.90 Å². The van der Waals surface area contributed by atoms with E-state index in [1.165, 1.54) is 5.56 Å². The Balaban J connectivity index is 1.61. The molecule has 1 aromatic heterocycles. The van der Waals surface area contributed by atoms with Gasteiger partial charge in [-0.25, -0.2) is 4.79 Å². The first-order valence-corrected chi connectivity index (χ1v) is 7.51. The first-order valence-electron chi connectivity index (χ1n) is 7.51. The van der Waals surface area contributed by atoms with Gasteiger partial charge in [0.2, 0.25) is 0 Å². The van der Waals surface area contributed by atoms with E-state index in [0.29, 0.717) is 13.1 Å². The fourth-order valence-corrected chi connectivity index (χ4v) is 2.70. The summed E-state index contributed by atoms with van der Waals surface area (Å²) in [6.45, 7) is 3.51. The molecule has 1 saturated heterocycles. The third kappa shape index (κ3) is 3.75. The minimum atomic E-state index is -0.663. The lowest BCUT2D eigenvalue weighted by molar-refractivity contribution is 0.0622. The van der Waals surface area contributed by atoms with E-state index in [4.69, 9.17) is 0 Å². The second-order valence-corrected chi connectivity index (χ2v) is 5.56. The maximum absolute atomic E-state index is 12.4. The molecule has 1 aromatic carbocycles. The zero-order valence-corrected chi connectivity index (χ0v) is 12.6. The van der Waals surface area contributed by atoms with Crippen molar-refractivity contribution in [1.82, 2.24) is 19.8 Å². The summed E-state index contributed by atoms with van der Waals surface area (Å²) < 4.78 is 0. The number of rotatable bonds is 3. The molecule has 0 atom stereocenters. The molecular weight excluding hydrogens is 296 g/mol. The lowest BCUT2D eigenvalue weighted by atomic mass is 10.2. The number of nitrogens with one attached hydrogen (secondary N) is 2. The third-order valence-electron chi connectivity index (χ3n) is 3.90. The Morgan fingerprint density at radius 1 is 1.00 bits per heavy atom. The average Bonchev–Trinajstić information content (AvgIpc) is 2.55. The van der Waals surface area contributed by atoms with Crippen molar-refractivity contribution in [2.45, 2.75) is 6.54 Å². The molecule has 2 heterocycles. The van der Waals surface area contributed by atoms with Crippen LogP contribution in [0.4, 0.5) is 0 Å². The summed E-state index contributed by atoms with van der Waals surface area (Å²) in [6.07, 6.45) is 0. The molecule has 1 aliphatic rings. The summed E-state index contributed by atoms with van der Waals surface area (Å²) in [5, 5.41) is 0. The largest absolute Gasteiger partial charge is 0.335 e. The Labute approximate surface area is 132 Å². The Bertz CT molecular complexity index is 760. The van der Waals surface area contributed by atoms with Gasteiger partial charge in [0.05, 0.1) is 0 Å². The molecule has 7 nitrogen and oxygen atoms in total. The number of nitrogens with zero attached hydrogens (tertiary/aromatic N) is 2. The summed E-state index contributed by atoms with van der Waals surface area (Å²) in [7, 11) is 0. The van der Waals surface area contributed by atoms with E-state index in [1.807, 2.05) is 18.2 Å². The average molecular weight is 314 g/mol. The maximum Gasteiger partial charge on any atom is 0.326 e. The molecule has 2 N–H and O–H groups in total. The van der Waals surface area contributed by atoms with Gasteiger partial charge in [0.1, 0.15) is 5.69 Å². The van der Waals surface area contributed by atoms with Crippen LogP contribution >= 0.6 is 0 Å². The summed E-state index contributed by atoms with van der Waals surface area (Å²) >= 11 is 0. The SMILES string of the molecule is O=C(c1cc(=O)[nH]c(=O)[nH]1)N1CCN(Cc2ccccc2)CC1. The topological polar surface area (TPSA) is 89.3 Å². The molecule has 0 unspecified atom stereocenters. The van der Waals surface area contributed by atoms with Crippen molar-refractivity contribution in [2.75, 3.05) is 26.2 Å². The van der Waals surface area contributed by atoms with Gasteiger partial charge in [-0.2, -0.15) is 0 Å². The fraction of sp³-hybridized carbons (Fsp3) is 0.312. The highest BCUT2D eigenvalue weighted by molar-refractivity contribution is 5.92. The molecule has 1 fully saturated rings. The number of piperazine rings is 1. The van der Waals surface area contributed by atoms with Gasteiger partial charge in [-0.05, 0) is 5.56 Å². The van der Waals surface area contributed by atoms with Gasteiger partial charge >= 0.3 is 5.69 Å². The molecule has 0 spiro atoms. The number of amides is 1. The molecular formula is C16H18N4O3. The van der Waals surface area contributed by atoms with Gasteiger partial charge in [-0.3, -0.25) is 19.5 Å². The van der Waals surface area contributed by atoms with Crippen LogP contribution < -0.4 is 11.2 Å². The highest BCUT2D eigenvalue weighted by Gasteiger charge is 2.23. The molecule has 0 bridgehead atoms. The molecule has 2 aromatic rings. The van der Waals surface area contributed by atoms with E-state index < -0.39 is 11.2 Å². The van der Waals surface area contributed by atoms with Gasteiger partial charge in [0.25, 0.3) is 11.5 Å². The fourth-order valence-electron chi connectivity index (χ4n) is 2.70. The molecule has 0 radical (unpaired) electrons. The van der Waals surface area contributed by atoms with E-state index in [-0.39, 0.29) is 11.6 Å². The Kier molecular flexibility index (Phi) is 4.38. The standard InChI is InChI=1S/C16H18N4O3/c21-14-10-13(17-16(23)18-14)15(22)20-8-6-19(7-9-20)11-12-4-2-1-3-5-12/h1-5,10H,6-9,11H2,(H2,17,18,21,23). The number of carbonyl (C=O) groups is 1. The molecule has 0 saturated carbocycles. The van der Waals surface area contributed by atoms with Crippen LogP contribution in [0, 0.1) is 0 Å². The first-order chi connectivity index (χ1) is 11.1. The van der Waals surface area contributed by atoms with Crippen molar-refractivity contribution in [2.24, 2.45) is 0 Å². The monoisotopic (exact) mass is 314 g/mol. The molecule has 0 aliphatic carbocycles. The Hall–Kier alpha value is -2.67. The van der Waals surface area contributed by atoms with E-state index in [0.717, 1.165) is 25.7 Å². The van der Waals surface area contributed by atoms with Crippen molar-refractivity contribution >= 4 is 5.91 Å². The number of hydrogen-bond donors (Lipinski definition) is 2. The number of aromatic amines is 2. The Morgan fingerprint density at radius 3 is 2.35 bits per heavy atom. The summed E-state index contributed by atoms with van der Waals surface area (Å²) in [5.41, 5.74) is 0.0461. The van der Waals surface area contributed by atoms with Crippen molar-refractivity contribution in [3.63, 3.8) is 0 Å². The zero-order valence-electron chi connectivity index (χ0n) is 12.6. The number of hydrogen-bond acceptors (Lipinski definition) is 4. The van der Waals surface area contributed by atoms with Crippen molar-refractivity contribution in [3.8, 4) is 0 Å². The zero-order chi connectivity index (χ0) is 16.2. The second kappa shape index (κ2) is 6.62. The quantitative estimate of drug-likeness (QED) is 0.836. The summed E-state index contributed by atoms with van der Waals surface area (Å²) in [4.78, 5) is 43.3. The van der Waals surface area contributed by atoms with Crippen LogP contribution in [0.1, 0.15) is 16.1 Å². The predicted octanol–water partition coefficient (Wildman–Crippen LogP) is 0.0212. The number of carbonyl (C=O) groups excluding carboxylic acids is 1. The van der Waals surface area contributed by atoms with Gasteiger partial charge < -0.3 is 9.88 Å². The van der Waals surface area contributed by atoms with Crippen LogP contribution in [0.2, 0.25) is 0 Å². The maximum atomic E-state index is 12.4. The van der Waals surface area contributed by atoms with E-state index >= 15 is 0 Å². The van der Waals surface area contributed by atoms with Crippen molar-refractivity contribution in [3.05, 3.63) is 68.5 Å². The lowest BCUT2D eigenvalue weighted by Crippen LogP contribution is -2.48. The van der Waals surface area contributed by atoms with Crippen LogP contribution in [0.5, 0.6) is 0 Å². The third-order valence-corrected chi connectivity index (χ3v) is 3.90. The van der Waals surface area contributed by atoms with Gasteiger partial charge in [-0.1, -0.05) is 30.3 Å². The number of H-pyrrole nitrogens is 2. The Morgan fingerprint density at radius 2 is 1.70 bits per heavy atom. The van der Waals surface area contributed by atoms with Crippen LogP contribution in [0.3, 0.4) is 0 Å². The normalized spacial score (nSPS) is 15.6. The summed E-state index contributed by atoms with van der Waals surface area (Å²) in [6, 6.07) is 11.3. The number of benzene rings is 1. The lowest BCUT2D eigenvalue weighted by Gasteiger charge is -2.34. The van der Waals surface area contributed by atoms with E-state index in [2.05, 4.69) is 27.0 Å². The first kappa shape index (κ1) is 15.2. The van der Waals surface area contributed by atoms with Crippen LogP contribution in [0.15, 0.2) is 46.0 Å². The molecule has 1 aliphatic heterocycles. The predicted molar refractivity (Wildman–Crippen MR) is 85.3 cm³/mol. The van der Waals surface area contributed by atoms with Gasteiger partial charge in [-0.15, -0.1) is 0 Å². The smallest absolute Gasteiger partial charge is 0.326 e. The van der Waals surface area contributed by atoms with Gasteiger partial charge in [0.15, 0.2) is 0 Å². The molecule has 1 amide bonds. The highest BCUT2D eigenvalue weighted by Crippen LogP contribution is 2.09. The molecule has 120 valence electrons. The van der Waals surface area contributed by atoms with Crippen molar-refractivity contribution in [1.29, 1.82) is 0 Å². The minimum absolute atomic E-state index is 0.0373. The molecule has 23 heavy (non-hydrogen) atoms. The van der Waals surface area contributed by atoms with Crippen LogP contribution in [0.25, 0.3) is 0 Å². The van der Waals surface area contributed by atoms with E-state index in [9.17, 15) is 14.4 Å².